The molecule has 0 aliphatic carbocycles. The molecule has 1 unspecified atom stereocenters. The molecule has 1 saturated heterocycles. The average molecular weight is 278 g/mol. The number of nitrogens with two attached hydrogens (primary N) is 1. The van der Waals surface area contributed by atoms with Gasteiger partial charge in [-0.2, -0.15) is 0 Å². The van der Waals surface area contributed by atoms with Gasteiger partial charge in [0.1, 0.15) is 0 Å². The van der Waals surface area contributed by atoms with Crippen molar-refractivity contribution in [2.45, 2.75) is 32.3 Å². The normalized spacial score (nSPS) is 18.1. The Labute approximate surface area is 119 Å². The van der Waals surface area contributed by atoms with Crippen molar-refractivity contribution < 1.29 is 14.3 Å². The third-order valence-electron chi connectivity index (χ3n) is 3.44. The first kappa shape index (κ1) is 14.8. The highest BCUT2D eigenvalue weighted by Crippen LogP contribution is 2.20. The highest BCUT2D eigenvalue weighted by atomic mass is 16.5. The largest absolute Gasteiger partial charge is 0.398 e. The molecule has 1 aliphatic heterocycles. The summed E-state index contributed by atoms with van der Waals surface area (Å²) in [5.41, 5.74) is 8.17. The monoisotopic (exact) mass is 278 g/mol. The minimum atomic E-state index is -0.00929. The van der Waals surface area contributed by atoms with Gasteiger partial charge in [-0.25, -0.2) is 0 Å². The van der Waals surface area contributed by atoms with Crippen LogP contribution in [-0.2, 0) is 14.3 Å². The molecule has 1 aromatic rings. The molecule has 0 saturated carbocycles. The van der Waals surface area contributed by atoms with Crippen LogP contribution in [0.25, 0.3) is 0 Å². The maximum atomic E-state index is 11.8. The number of amides is 1. The van der Waals surface area contributed by atoms with Gasteiger partial charge in [0.15, 0.2) is 0 Å². The van der Waals surface area contributed by atoms with Crippen molar-refractivity contribution in [3.05, 3.63) is 23.8 Å². The Balaban J connectivity index is 1.68. The van der Waals surface area contributed by atoms with E-state index in [9.17, 15) is 4.79 Å². The lowest BCUT2D eigenvalue weighted by atomic mass is 10.1. The second-order valence-corrected chi connectivity index (χ2v) is 5.03. The number of hydrogen-bond acceptors (Lipinski definition) is 4. The molecule has 2 rings (SSSR count). The lowest BCUT2D eigenvalue weighted by Crippen LogP contribution is -2.16. The quantitative estimate of drug-likeness (QED) is 0.617. The van der Waals surface area contributed by atoms with E-state index in [1.165, 1.54) is 0 Å². The van der Waals surface area contributed by atoms with Crippen LogP contribution in [-0.4, -0.2) is 31.8 Å². The molecule has 5 heteroatoms. The summed E-state index contributed by atoms with van der Waals surface area (Å²) in [6.07, 6.45) is 2.31. The fourth-order valence-corrected chi connectivity index (χ4v) is 2.13. The Kier molecular flexibility index (Phi) is 5.38. The Morgan fingerprint density at radius 3 is 3.15 bits per heavy atom. The van der Waals surface area contributed by atoms with Crippen LogP contribution >= 0.6 is 0 Å². The molecule has 1 heterocycles. The predicted molar refractivity (Wildman–Crippen MR) is 78.6 cm³/mol. The minimum Gasteiger partial charge on any atom is -0.398 e. The fraction of sp³-hybridized carbons (Fsp3) is 0.533. The van der Waals surface area contributed by atoms with E-state index < -0.39 is 0 Å². The van der Waals surface area contributed by atoms with E-state index in [0.29, 0.717) is 31.7 Å². The Hall–Kier alpha value is -1.59. The molecule has 0 bridgehead atoms. The molecule has 3 N–H and O–H groups in total. The zero-order valence-electron chi connectivity index (χ0n) is 11.9. The number of nitrogen functional groups attached to an aromatic ring is 1. The average Bonchev–Trinajstić information content (AvgIpc) is 2.93. The molecular weight excluding hydrogens is 256 g/mol. The molecule has 110 valence electrons. The molecule has 1 fully saturated rings. The van der Waals surface area contributed by atoms with E-state index in [0.717, 1.165) is 24.3 Å². The number of ether oxygens (including phenoxy) is 2. The smallest absolute Gasteiger partial charge is 0.224 e. The van der Waals surface area contributed by atoms with Gasteiger partial charge in [0.2, 0.25) is 5.91 Å². The van der Waals surface area contributed by atoms with Gasteiger partial charge in [0.25, 0.3) is 0 Å². The van der Waals surface area contributed by atoms with Crippen LogP contribution < -0.4 is 11.1 Å². The molecule has 0 spiro atoms. The van der Waals surface area contributed by atoms with E-state index in [-0.39, 0.29) is 12.0 Å². The Morgan fingerprint density at radius 1 is 1.55 bits per heavy atom. The zero-order valence-corrected chi connectivity index (χ0v) is 11.9. The topological polar surface area (TPSA) is 73.6 Å². The number of carbonyl (C=O) groups excluding carboxylic acids is 1. The molecule has 1 atom stereocenters. The summed E-state index contributed by atoms with van der Waals surface area (Å²) in [7, 11) is 0. The van der Waals surface area contributed by atoms with E-state index in [1.54, 1.807) is 0 Å². The van der Waals surface area contributed by atoms with Gasteiger partial charge in [-0.3, -0.25) is 4.79 Å². The van der Waals surface area contributed by atoms with E-state index in [1.807, 2.05) is 25.1 Å². The summed E-state index contributed by atoms with van der Waals surface area (Å²) in [6, 6.07) is 5.51. The van der Waals surface area contributed by atoms with Crippen molar-refractivity contribution in [2.24, 2.45) is 0 Å². The van der Waals surface area contributed by atoms with Crippen LogP contribution in [0.4, 0.5) is 11.4 Å². The van der Waals surface area contributed by atoms with Gasteiger partial charge in [-0.1, -0.05) is 6.07 Å². The maximum absolute atomic E-state index is 11.8. The molecule has 5 nitrogen and oxygen atoms in total. The molecule has 20 heavy (non-hydrogen) atoms. The first-order valence-corrected chi connectivity index (χ1v) is 7.01. The van der Waals surface area contributed by atoms with Crippen LogP contribution in [0, 0.1) is 6.92 Å². The standard InChI is InChI=1S/C15H22N2O3/c1-11-13(16)4-2-5-14(11)17-15(18)6-3-8-20-12-7-9-19-10-12/h2,4-5,12H,3,6-10,16H2,1H3,(H,17,18). The van der Waals surface area contributed by atoms with E-state index >= 15 is 0 Å². The summed E-state index contributed by atoms with van der Waals surface area (Å²) in [4.78, 5) is 11.8. The minimum absolute atomic E-state index is 0.00929. The molecule has 1 aromatic carbocycles. The number of carbonyl (C=O) groups is 1. The highest BCUT2D eigenvalue weighted by Gasteiger charge is 2.15. The molecule has 0 radical (unpaired) electrons. The van der Waals surface area contributed by atoms with Gasteiger partial charge >= 0.3 is 0 Å². The summed E-state index contributed by atoms with van der Waals surface area (Å²) in [5, 5.41) is 2.88. The van der Waals surface area contributed by atoms with Crippen molar-refractivity contribution in [1.29, 1.82) is 0 Å². The second kappa shape index (κ2) is 7.26. The summed E-state index contributed by atoms with van der Waals surface area (Å²) in [5.74, 6) is -0.00929. The number of hydrogen-bond donors (Lipinski definition) is 2. The lowest BCUT2D eigenvalue weighted by molar-refractivity contribution is -0.116. The highest BCUT2D eigenvalue weighted by molar-refractivity contribution is 5.92. The van der Waals surface area contributed by atoms with Crippen molar-refractivity contribution >= 4 is 17.3 Å². The summed E-state index contributed by atoms with van der Waals surface area (Å²) in [6.45, 7) is 3.94. The first-order chi connectivity index (χ1) is 9.66. The van der Waals surface area contributed by atoms with Gasteiger partial charge in [-0.05, 0) is 37.5 Å². The second-order valence-electron chi connectivity index (χ2n) is 5.03. The van der Waals surface area contributed by atoms with Gasteiger partial charge in [0, 0.05) is 31.0 Å². The van der Waals surface area contributed by atoms with Crippen LogP contribution in [0.15, 0.2) is 18.2 Å². The summed E-state index contributed by atoms with van der Waals surface area (Å²) >= 11 is 0. The van der Waals surface area contributed by atoms with Crippen molar-refractivity contribution in [1.82, 2.24) is 0 Å². The number of nitrogens with one attached hydrogen (secondary N) is 1. The van der Waals surface area contributed by atoms with Crippen LogP contribution in [0.3, 0.4) is 0 Å². The molecule has 1 amide bonds. The number of rotatable bonds is 6. The van der Waals surface area contributed by atoms with Crippen molar-refractivity contribution in [3.8, 4) is 0 Å². The lowest BCUT2D eigenvalue weighted by Gasteiger charge is -2.11. The van der Waals surface area contributed by atoms with Crippen LogP contribution in [0.1, 0.15) is 24.8 Å². The zero-order chi connectivity index (χ0) is 14.4. The number of anilines is 2. The third-order valence-corrected chi connectivity index (χ3v) is 3.44. The van der Waals surface area contributed by atoms with Crippen molar-refractivity contribution in [3.63, 3.8) is 0 Å². The first-order valence-electron chi connectivity index (χ1n) is 7.01. The molecule has 0 aromatic heterocycles. The molecule has 1 aliphatic rings. The van der Waals surface area contributed by atoms with Gasteiger partial charge in [-0.15, -0.1) is 0 Å². The van der Waals surface area contributed by atoms with Crippen molar-refractivity contribution in [2.75, 3.05) is 30.9 Å². The number of benzene rings is 1. The van der Waals surface area contributed by atoms with E-state index in [2.05, 4.69) is 5.32 Å². The van der Waals surface area contributed by atoms with Crippen LogP contribution in [0.2, 0.25) is 0 Å². The third kappa shape index (κ3) is 4.21. The summed E-state index contributed by atoms with van der Waals surface area (Å²) < 4.78 is 10.8. The SMILES string of the molecule is Cc1c(N)cccc1NC(=O)CCCOC1CCOC1. The Morgan fingerprint density at radius 2 is 2.40 bits per heavy atom. The van der Waals surface area contributed by atoms with E-state index in [4.69, 9.17) is 15.2 Å². The molecular formula is C15H22N2O3. The maximum Gasteiger partial charge on any atom is 0.224 e. The van der Waals surface area contributed by atoms with Gasteiger partial charge < -0.3 is 20.5 Å². The predicted octanol–water partition coefficient (Wildman–Crippen LogP) is 2.10. The fourth-order valence-electron chi connectivity index (χ4n) is 2.13. The van der Waals surface area contributed by atoms with Gasteiger partial charge in [0.05, 0.1) is 12.7 Å². The Bertz CT molecular complexity index is 456. The van der Waals surface area contributed by atoms with Crippen LogP contribution in [0.5, 0.6) is 0 Å².